The van der Waals surface area contributed by atoms with Crippen LogP contribution >= 0.6 is 0 Å². The first-order valence-corrected chi connectivity index (χ1v) is 10.00. The van der Waals surface area contributed by atoms with Gasteiger partial charge in [0.15, 0.2) is 0 Å². The molecule has 150 valence electrons. The van der Waals surface area contributed by atoms with Crippen LogP contribution in [0, 0.1) is 20.8 Å². The topological polar surface area (TPSA) is 49.4 Å². The zero-order valence-corrected chi connectivity index (χ0v) is 17.4. The maximum absolute atomic E-state index is 13.4. The number of imide groups is 1. The molecule has 3 aromatic carbocycles. The molecule has 0 radical (unpaired) electrons. The van der Waals surface area contributed by atoms with Crippen molar-refractivity contribution in [3.63, 3.8) is 0 Å². The maximum atomic E-state index is 13.4. The molecule has 0 aliphatic carbocycles. The molecular formula is C26H24N2O2. The normalized spacial score (nSPS) is 13.9. The molecule has 0 fully saturated rings. The second kappa shape index (κ2) is 7.99. The number of nitrogens with one attached hydrogen (secondary N) is 1. The van der Waals surface area contributed by atoms with Crippen molar-refractivity contribution in [2.45, 2.75) is 27.3 Å². The molecule has 1 heterocycles. The van der Waals surface area contributed by atoms with Crippen molar-refractivity contribution in [2.24, 2.45) is 0 Å². The lowest BCUT2D eigenvalue weighted by Gasteiger charge is -2.16. The van der Waals surface area contributed by atoms with E-state index in [1.807, 2.05) is 93.6 Å². The predicted octanol–water partition coefficient (Wildman–Crippen LogP) is 5.00. The molecular weight excluding hydrogens is 372 g/mol. The summed E-state index contributed by atoms with van der Waals surface area (Å²) in [5.41, 5.74) is 6.44. The van der Waals surface area contributed by atoms with Gasteiger partial charge in [0.2, 0.25) is 0 Å². The molecule has 0 aromatic heterocycles. The molecule has 0 saturated heterocycles. The van der Waals surface area contributed by atoms with E-state index in [2.05, 4.69) is 5.32 Å². The maximum Gasteiger partial charge on any atom is 0.278 e. The summed E-state index contributed by atoms with van der Waals surface area (Å²) in [7, 11) is 0. The van der Waals surface area contributed by atoms with Crippen LogP contribution in [0.3, 0.4) is 0 Å². The van der Waals surface area contributed by atoms with Gasteiger partial charge in [-0.25, -0.2) is 0 Å². The Morgan fingerprint density at radius 2 is 1.43 bits per heavy atom. The number of benzene rings is 3. The Morgan fingerprint density at radius 1 is 0.767 bits per heavy atom. The molecule has 30 heavy (non-hydrogen) atoms. The zero-order chi connectivity index (χ0) is 21.3. The molecule has 0 atom stereocenters. The largest absolute Gasteiger partial charge is 0.350 e. The highest BCUT2D eigenvalue weighted by atomic mass is 16.2. The molecule has 1 aliphatic heterocycles. The number of anilines is 1. The SMILES string of the molecule is Cc1ccc(CN2C(=O)C(Nc3ccccc3)=C(c3ccc(C)cc3C)C2=O)cc1. The van der Waals surface area contributed by atoms with Gasteiger partial charge in [0.25, 0.3) is 11.8 Å². The van der Waals surface area contributed by atoms with Gasteiger partial charge in [-0.05, 0) is 49.6 Å². The number of para-hydroxylation sites is 1. The Hall–Kier alpha value is -3.66. The highest BCUT2D eigenvalue weighted by molar-refractivity contribution is 6.36. The van der Waals surface area contributed by atoms with Crippen molar-refractivity contribution in [3.8, 4) is 0 Å². The van der Waals surface area contributed by atoms with Crippen LogP contribution in [0.5, 0.6) is 0 Å². The predicted molar refractivity (Wildman–Crippen MR) is 120 cm³/mol. The summed E-state index contributed by atoms with van der Waals surface area (Å²) in [6.07, 6.45) is 0. The van der Waals surface area contributed by atoms with Crippen LogP contribution in [-0.4, -0.2) is 16.7 Å². The quantitative estimate of drug-likeness (QED) is 0.617. The molecule has 0 spiro atoms. The summed E-state index contributed by atoms with van der Waals surface area (Å²) in [5, 5.41) is 3.20. The number of hydrogen-bond acceptors (Lipinski definition) is 3. The first-order valence-electron chi connectivity index (χ1n) is 10.00. The number of amides is 2. The van der Waals surface area contributed by atoms with Gasteiger partial charge in [0, 0.05) is 5.69 Å². The second-order valence-electron chi connectivity index (χ2n) is 7.74. The third-order valence-electron chi connectivity index (χ3n) is 5.32. The van der Waals surface area contributed by atoms with Crippen molar-refractivity contribution in [1.82, 2.24) is 4.90 Å². The van der Waals surface area contributed by atoms with E-state index in [-0.39, 0.29) is 18.4 Å². The summed E-state index contributed by atoms with van der Waals surface area (Å²) in [4.78, 5) is 28.1. The minimum absolute atomic E-state index is 0.242. The average molecular weight is 396 g/mol. The number of rotatable bonds is 5. The van der Waals surface area contributed by atoms with E-state index in [0.717, 1.165) is 33.5 Å². The molecule has 0 saturated carbocycles. The highest BCUT2D eigenvalue weighted by Gasteiger charge is 2.39. The number of carbonyl (C=O) groups is 2. The van der Waals surface area contributed by atoms with Crippen LogP contribution in [0.1, 0.15) is 27.8 Å². The van der Waals surface area contributed by atoms with E-state index in [0.29, 0.717) is 11.3 Å². The Kier molecular flexibility index (Phi) is 5.23. The summed E-state index contributed by atoms with van der Waals surface area (Å²) >= 11 is 0. The first kappa shape index (κ1) is 19.6. The fourth-order valence-corrected chi connectivity index (χ4v) is 3.72. The van der Waals surface area contributed by atoms with Crippen LogP contribution in [0.25, 0.3) is 5.57 Å². The van der Waals surface area contributed by atoms with E-state index >= 15 is 0 Å². The Labute approximate surface area is 176 Å². The first-order chi connectivity index (χ1) is 14.4. The van der Waals surface area contributed by atoms with Crippen molar-refractivity contribution in [3.05, 3.63) is 106 Å². The van der Waals surface area contributed by atoms with Gasteiger partial charge in [-0.1, -0.05) is 71.8 Å². The van der Waals surface area contributed by atoms with Crippen LogP contribution in [-0.2, 0) is 16.1 Å². The smallest absolute Gasteiger partial charge is 0.278 e. The van der Waals surface area contributed by atoms with E-state index in [1.54, 1.807) is 0 Å². The monoisotopic (exact) mass is 396 g/mol. The Balaban J connectivity index is 1.76. The lowest BCUT2D eigenvalue weighted by molar-refractivity contribution is -0.137. The third-order valence-corrected chi connectivity index (χ3v) is 5.32. The van der Waals surface area contributed by atoms with Gasteiger partial charge >= 0.3 is 0 Å². The molecule has 4 heteroatoms. The average Bonchev–Trinajstić information content (AvgIpc) is 2.95. The standard InChI is InChI=1S/C26H24N2O2/c1-17-9-12-20(13-10-17)16-28-25(29)23(22-14-11-18(2)15-19(22)3)24(26(28)30)27-21-7-5-4-6-8-21/h4-15,27H,16H2,1-3H3. The fourth-order valence-electron chi connectivity index (χ4n) is 3.72. The van der Waals surface area contributed by atoms with E-state index in [4.69, 9.17) is 0 Å². The molecule has 2 amide bonds. The van der Waals surface area contributed by atoms with E-state index in [9.17, 15) is 9.59 Å². The highest BCUT2D eigenvalue weighted by Crippen LogP contribution is 2.33. The summed E-state index contributed by atoms with van der Waals surface area (Å²) in [5.74, 6) is -0.578. The number of nitrogens with zero attached hydrogens (tertiary/aromatic N) is 1. The zero-order valence-electron chi connectivity index (χ0n) is 17.4. The van der Waals surface area contributed by atoms with Crippen molar-refractivity contribution in [1.29, 1.82) is 0 Å². The van der Waals surface area contributed by atoms with Crippen LogP contribution < -0.4 is 5.32 Å². The number of aryl methyl sites for hydroxylation is 3. The minimum Gasteiger partial charge on any atom is -0.350 e. The molecule has 1 aliphatic rings. The molecule has 0 unspecified atom stereocenters. The van der Waals surface area contributed by atoms with Gasteiger partial charge in [-0.2, -0.15) is 0 Å². The lowest BCUT2D eigenvalue weighted by atomic mass is 9.97. The number of hydrogen-bond donors (Lipinski definition) is 1. The van der Waals surface area contributed by atoms with Gasteiger partial charge < -0.3 is 5.32 Å². The van der Waals surface area contributed by atoms with E-state index < -0.39 is 0 Å². The van der Waals surface area contributed by atoms with Gasteiger partial charge in [-0.15, -0.1) is 0 Å². The van der Waals surface area contributed by atoms with Gasteiger partial charge in [-0.3, -0.25) is 14.5 Å². The van der Waals surface area contributed by atoms with Crippen LogP contribution in [0.15, 0.2) is 78.5 Å². The van der Waals surface area contributed by atoms with Gasteiger partial charge in [0.1, 0.15) is 5.70 Å². The molecule has 0 bridgehead atoms. The Bertz CT molecular complexity index is 1150. The molecule has 4 nitrogen and oxygen atoms in total. The van der Waals surface area contributed by atoms with Gasteiger partial charge in [0.05, 0.1) is 12.1 Å². The Morgan fingerprint density at radius 3 is 2.10 bits per heavy atom. The van der Waals surface area contributed by atoms with Crippen LogP contribution in [0.4, 0.5) is 5.69 Å². The minimum atomic E-state index is -0.306. The summed E-state index contributed by atoms with van der Waals surface area (Å²) < 4.78 is 0. The fraction of sp³-hybridized carbons (Fsp3) is 0.154. The van der Waals surface area contributed by atoms with Crippen molar-refractivity contribution >= 4 is 23.1 Å². The molecule has 1 N–H and O–H groups in total. The number of carbonyl (C=O) groups excluding carboxylic acids is 2. The van der Waals surface area contributed by atoms with E-state index in [1.165, 1.54) is 4.90 Å². The molecule has 4 rings (SSSR count). The molecule has 3 aromatic rings. The van der Waals surface area contributed by atoms with Crippen molar-refractivity contribution < 1.29 is 9.59 Å². The summed E-state index contributed by atoms with van der Waals surface area (Å²) in [6, 6.07) is 23.3. The second-order valence-corrected chi connectivity index (χ2v) is 7.74. The van der Waals surface area contributed by atoms with Crippen molar-refractivity contribution in [2.75, 3.05) is 5.32 Å². The summed E-state index contributed by atoms with van der Waals surface area (Å²) in [6.45, 7) is 6.24. The van der Waals surface area contributed by atoms with Crippen LogP contribution in [0.2, 0.25) is 0 Å². The third kappa shape index (κ3) is 3.77. The lowest BCUT2D eigenvalue weighted by Crippen LogP contribution is -2.32.